The van der Waals surface area contributed by atoms with E-state index in [0.29, 0.717) is 12.5 Å². The van der Waals surface area contributed by atoms with Gasteiger partial charge in [-0.15, -0.1) is 0 Å². The van der Waals surface area contributed by atoms with Gasteiger partial charge in [0.2, 0.25) is 5.95 Å². The molecule has 1 heterocycles. The SMILES string of the molecule is NC/C=C/c1cn(C(c2ccccc2)(c2ccccc2)c2ccccc2)c(N)n1. The van der Waals surface area contributed by atoms with Gasteiger partial charge in [-0.2, -0.15) is 0 Å². The van der Waals surface area contributed by atoms with E-state index in [9.17, 15) is 0 Å². The monoisotopic (exact) mass is 380 g/mol. The number of nitrogens with zero attached hydrogens (tertiary/aromatic N) is 2. The molecule has 0 radical (unpaired) electrons. The number of imidazole rings is 1. The number of aromatic nitrogens is 2. The van der Waals surface area contributed by atoms with Gasteiger partial charge in [0.05, 0.1) is 5.69 Å². The Balaban J connectivity index is 2.09. The van der Waals surface area contributed by atoms with E-state index < -0.39 is 5.54 Å². The summed E-state index contributed by atoms with van der Waals surface area (Å²) in [7, 11) is 0. The zero-order valence-electron chi connectivity index (χ0n) is 16.1. The Labute approximate surface area is 171 Å². The number of rotatable bonds is 6. The third kappa shape index (κ3) is 3.35. The minimum Gasteiger partial charge on any atom is -0.369 e. The lowest BCUT2D eigenvalue weighted by atomic mass is 9.76. The summed E-state index contributed by atoms with van der Waals surface area (Å²) in [6, 6.07) is 31.2. The van der Waals surface area contributed by atoms with Gasteiger partial charge in [-0.25, -0.2) is 4.98 Å². The number of nitrogen functional groups attached to an aromatic ring is 1. The molecule has 4 nitrogen and oxygen atoms in total. The quantitative estimate of drug-likeness (QED) is 0.491. The molecule has 0 bridgehead atoms. The van der Waals surface area contributed by atoms with E-state index in [4.69, 9.17) is 11.5 Å². The zero-order valence-corrected chi connectivity index (χ0v) is 16.1. The minimum atomic E-state index is -0.657. The van der Waals surface area contributed by atoms with Gasteiger partial charge in [-0.05, 0) is 22.8 Å². The smallest absolute Gasteiger partial charge is 0.202 e. The van der Waals surface area contributed by atoms with Crippen LogP contribution in [0.3, 0.4) is 0 Å². The Kier molecular flexibility index (Phi) is 5.27. The topological polar surface area (TPSA) is 69.9 Å². The molecular formula is C25H24N4. The van der Waals surface area contributed by atoms with Crippen molar-refractivity contribution in [3.8, 4) is 0 Å². The first-order valence-corrected chi connectivity index (χ1v) is 9.65. The average Bonchev–Trinajstić information content (AvgIpc) is 3.16. The molecule has 0 saturated carbocycles. The van der Waals surface area contributed by atoms with Crippen molar-refractivity contribution in [2.45, 2.75) is 5.54 Å². The molecule has 0 atom stereocenters. The second-order valence-electron chi connectivity index (χ2n) is 6.84. The first-order chi connectivity index (χ1) is 14.3. The van der Waals surface area contributed by atoms with Crippen molar-refractivity contribution < 1.29 is 0 Å². The number of anilines is 1. The van der Waals surface area contributed by atoms with E-state index in [1.165, 1.54) is 0 Å². The molecule has 4 aromatic rings. The molecule has 4 N–H and O–H groups in total. The summed E-state index contributed by atoms with van der Waals surface area (Å²) in [5.41, 5.74) is 15.6. The number of benzene rings is 3. The highest BCUT2D eigenvalue weighted by Crippen LogP contribution is 2.42. The predicted molar refractivity (Wildman–Crippen MR) is 119 cm³/mol. The van der Waals surface area contributed by atoms with Crippen molar-refractivity contribution in [1.82, 2.24) is 9.55 Å². The molecule has 4 heteroatoms. The summed E-state index contributed by atoms with van der Waals surface area (Å²) in [5.74, 6) is 0.443. The fraction of sp³-hybridized carbons (Fsp3) is 0.0800. The van der Waals surface area contributed by atoms with Crippen molar-refractivity contribution in [3.63, 3.8) is 0 Å². The molecule has 3 aromatic carbocycles. The van der Waals surface area contributed by atoms with Crippen LogP contribution in [0.5, 0.6) is 0 Å². The molecule has 144 valence electrons. The summed E-state index contributed by atoms with van der Waals surface area (Å²) in [6.07, 6.45) is 5.77. The fourth-order valence-corrected chi connectivity index (χ4v) is 3.91. The molecule has 0 aliphatic carbocycles. The summed E-state index contributed by atoms with van der Waals surface area (Å²) >= 11 is 0. The van der Waals surface area contributed by atoms with E-state index in [-0.39, 0.29) is 0 Å². The third-order valence-corrected chi connectivity index (χ3v) is 5.11. The Morgan fingerprint density at radius 3 is 1.62 bits per heavy atom. The largest absolute Gasteiger partial charge is 0.369 e. The van der Waals surface area contributed by atoms with Gasteiger partial charge in [0.15, 0.2) is 0 Å². The number of hydrogen-bond donors (Lipinski definition) is 2. The van der Waals surface area contributed by atoms with Gasteiger partial charge in [-0.1, -0.05) is 97.1 Å². The molecule has 0 unspecified atom stereocenters. The van der Waals surface area contributed by atoms with Crippen LogP contribution in [0.15, 0.2) is 103 Å². The molecule has 4 rings (SSSR count). The molecule has 0 fully saturated rings. The first-order valence-electron chi connectivity index (χ1n) is 9.65. The molecular weight excluding hydrogens is 356 g/mol. The van der Waals surface area contributed by atoms with Crippen molar-refractivity contribution in [2.24, 2.45) is 5.73 Å². The normalized spacial score (nSPS) is 11.8. The highest BCUT2D eigenvalue weighted by molar-refractivity contribution is 5.55. The standard InChI is InChI=1S/C25H24N4/c26-18-10-17-23-19-29(24(27)28-23)25(20-11-4-1-5-12-20,21-13-6-2-7-14-21)22-15-8-3-9-16-22/h1-17,19H,18,26H2,(H2,27,28)/b17-10+. The molecule has 29 heavy (non-hydrogen) atoms. The van der Waals surface area contributed by atoms with Crippen LogP contribution in [-0.4, -0.2) is 16.1 Å². The average molecular weight is 380 g/mol. The summed E-state index contributed by atoms with van der Waals surface area (Å²) in [6.45, 7) is 0.452. The second kappa shape index (κ2) is 8.17. The summed E-state index contributed by atoms with van der Waals surface area (Å²) in [4.78, 5) is 4.59. The van der Waals surface area contributed by atoms with Gasteiger partial charge >= 0.3 is 0 Å². The summed E-state index contributed by atoms with van der Waals surface area (Å²) < 4.78 is 2.06. The maximum atomic E-state index is 6.50. The van der Waals surface area contributed by atoms with Crippen LogP contribution in [0.4, 0.5) is 5.95 Å². The Morgan fingerprint density at radius 1 is 0.759 bits per heavy atom. The van der Waals surface area contributed by atoms with Crippen LogP contribution in [0, 0.1) is 0 Å². The summed E-state index contributed by atoms with van der Waals surface area (Å²) in [5, 5.41) is 0. The fourth-order valence-electron chi connectivity index (χ4n) is 3.91. The van der Waals surface area contributed by atoms with Crippen LogP contribution in [0.25, 0.3) is 6.08 Å². The lowest BCUT2D eigenvalue weighted by Crippen LogP contribution is -2.38. The molecule has 0 aliphatic heterocycles. The van der Waals surface area contributed by atoms with E-state index >= 15 is 0 Å². The first kappa shape index (κ1) is 18.7. The second-order valence-corrected chi connectivity index (χ2v) is 6.84. The Hall–Kier alpha value is -3.63. The van der Waals surface area contributed by atoms with Gasteiger partial charge in [0.1, 0.15) is 5.54 Å². The van der Waals surface area contributed by atoms with Crippen LogP contribution in [0.1, 0.15) is 22.4 Å². The molecule has 0 spiro atoms. The van der Waals surface area contributed by atoms with Crippen molar-refractivity contribution in [3.05, 3.63) is 126 Å². The Bertz CT molecular complexity index is 987. The van der Waals surface area contributed by atoms with Gasteiger partial charge < -0.3 is 11.5 Å². The minimum absolute atomic E-state index is 0.443. The van der Waals surface area contributed by atoms with Crippen molar-refractivity contribution >= 4 is 12.0 Å². The third-order valence-electron chi connectivity index (χ3n) is 5.11. The predicted octanol–water partition coefficient (Wildman–Crippen LogP) is 4.28. The van der Waals surface area contributed by atoms with E-state index in [2.05, 4.69) is 82.3 Å². The van der Waals surface area contributed by atoms with Crippen molar-refractivity contribution in [2.75, 3.05) is 12.3 Å². The van der Waals surface area contributed by atoms with Gasteiger partial charge in [0, 0.05) is 12.7 Å². The maximum absolute atomic E-state index is 6.50. The zero-order chi connectivity index (χ0) is 20.1. The molecule has 0 saturated heterocycles. The molecule has 1 aromatic heterocycles. The molecule has 0 aliphatic rings. The number of hydrogen-bond acceptors (Lipinski definition) is 3. The molecule has 0 amide bonds. The van der Waals surface area contributed by atoms with E-state index in [1.54, 1.807) is 0 Å². The van der Waals surface area contributed by atoms with Crippen LogP contribution >= 0.6 is 0 Å². The van der Waals surface area contributed by atoms with E-state index in [1.807, 2.05) is 36.5 Å². The maximum Gasteiger partial charge on any atom is 0.202 e. The van der Waals surface area contributed by atoms with E-state index in [0.717, 1.165) is 22.4 Å². The lowest BCUT2D eigenvalue weighted by molar-refractivity contribution is 0.522. The lowest BCUT2D eigenvalue weighted by Gasteiger charge is -2.37. The van der Waals surface area contributed by atoms with Gasteiger partial charge in [-0.3, -0.25) is 4.57 Å². The van der Waals surface area contributed by atoms with Crippen LogP contribution in [-0.2, 0) is 5.54 Å². The highest BCUT2D eigenvalue weighted by Gasteiger charge is 2.39. The van der Waals surface area contributed by atoms with Crippen LogP contribution < -0.4 is 11.5 Å². The van der Waals surface area contributed by atoms with Crippen molar-refractivity contribution in [1.29, 1.82) is 0 Å². The van der Waals surface area contributed by atoms with Gasteiger partial charge in [0.25, 0.3) is 0 Å². The highest BCUT2D eigenvalue weighted by atomic mass is 15.2. The number of nitrogens with two attached hydrogens (primary N) is 2. The van der Waals surface area contributed by atoms with Crippen LogP contribution in [0.2, 0.25) is 0 Å². The Morgan fingerprint density at radius 2 is 1.21 bits per heavy atom.